The number of rotatable bonds is 3. The Hall–Kier alpha value is -2.96. The third-order valence-electron chi connectivity index (χ3n) is 1.59. The fourth-order valence-electron chi connectivity index (χ4n) is 0.835. The van der Waals surface area contributed by atoms with Gasteiger partial charge in [-0.3, -0.25) is 10.1 Å². The van der Waals surface area contributed by atoms with Crippen LogP contribution in [-0.2, 0) is 9.59 Å². The van der Waals surface area contributed by atoms with E-state index in [4.69, 9.17) is 10.2 Å². The summed E-state index contributed by atoms with van der Waals surface area (Å²) < 4.78 is 0. The zero-order valence-corrected chi connectivity index (χ0v) is 11.7. The van der Waals surface area contributed by atoms with Crippen LogP contribution in [0.1, 0.15) is 13.8 Å². The molecule has 0 saturated carbocycles. The molecule has 0 saturated heterocycles. The van der Waals surface area contributed by atoms with Crippen molar-refractivity contribution < 1.29 is 24.7 Å². The first-order chi connectivity index (χ1) is 9.84. The normalized spacial score (nSPS) is 9.24. The lowest BCUT2D eigenvalue weighted by Crippen LogP contribution is -1.84. The Kier molecular flexibility index (Phi) is 13.1. The van der Waals surface area contributed by atoms with E-state index in [1.54, 1.807) is 32.0 Å². The number of non-ortho nitro benzene ring substituents is 1. The third-order valence-corrected chi connectivity index (χ3v) is 1.59. The van der Waals surface area contributed by atoms with E-state index in [1.165, 1.54) is 24.3 Å². The molecule has 0 fully saturated rings. The predicted molar refractivity (Wildman–Crippen MR) is 78.0 cm³/mol. The number of carboxylic acids is 2. The second kappa shape index (κ2) is 13.5. The highest BCUT2D eigenvalue weighted by Gasteiger charge is 1.98. The molecule has 0 aliphatic heterocycles. The van der Waals surface area contributed by atoms with Crippen LogP contribution < -0.4 is 0 Å². The molecule has 0 aliphatic rings. The smallest absolute Gasteiger partial charge is 0.327 e. The highest BCUT2D eigenvalue weighted by Crippen LogP contribution is 2.06. The number of hydrogen-bond donors (Lipinski definition) is 2. The average molecular weight is 295 g/mol. The maximum Gasteiger partial charge on any atom is 0.327 e. The highest BCUT2D eigenvalue weighted by atomic mass is 16.6. The third kappa shape index (κ3) is 17.0. The van der Waals surface area contributed by atoms with Crippen LogP contribution in [0, 0.1) is 10.1 Å². The Morgan fingerprint density at radius 2 is 1.38 bits per heavy atom. The number of para-hydroxylation sites is 1. The SMILES string of the molecule is CC=CC(=O)O.CC=CC(=O)O.O=[N+]([O-])c1ccccc1. The summed E-state index contributed by atoms with van der Waals surface area (Å²) in [7, 11) is 0. The maximum atomic E-state index is 10.0. The summed E-state index contributed by atoms with van der Waals surface area (Å²) in [5, 5.41) is 25.7. The Bertz CT molecular complexity index is 471. The number of aliphatic carboxylic acids is 2. The van der Waals surface area contributed by atoms with Crippen molar-refractivity contribution in [2.24, 2.45) is 0 Å². The molecule has 0 heterocycles. The van der Waals surface area contributed by atoms with Gasteiger partial charge in [-0.1, -0.05) is 30.4 Å². The summed E-state index contributed by atoms with van der Waals surface area (Å²) in [4.78, 5) is 28.6. The van der Waals surface area contributed by atoms with Crippen molar-refractivity contribution in [3.05, 3.63) is 64.8 Å². The van der Waals surface area contributed by atoms with Gasteiger partial charge in [0.05, 0.1) is 4.92 Å². The van der Waals surface area contributed by atoms with E-state index in [0.717, 1.165) is 12.2 Å². The molecule has 7 nitrogen and oxygen atoms in total. The van der Waals surface area contributed by atoms with Gasteiger partial charge >= 0.3 is 11.9 Å². The average Bonchev–Trinajstić information content (AvgIpc) is 2.40. The lowest BCUT2D eigenvalue weighted by molar-refractivity contribution is -0.384. The van der Waals surface area contributed by atoms with Crippen LogP contribution in [0.2, 0.25) is 0 Å². The van der Waals surface area contributed by atoms with Gasteiger partial charge in [-0.2, -0.15) is 0 Å². The molecule has 0 amide bonds. The fourth-order valence-corrected chi connectivity index (χ4v) is 0.835. The fraction of sp³-hybridized carbons (Fsp3) is 0.143. The summed E-state index contributed by atoms with van der Waals surface area (Å²) in [6.07, 6.45) is 5.12. The standard InChI is InChI=1S/C6H5NO2.2C4H6O2/c8-7(9)6-4-2-1-3-5-6;2*1-2-3-4(5)6/h1-5H;2*2-3H,1H3,(H,5,6). The van der Waals surface area contributed by atoms with Crippen molar-refractivity contribution in [1.29, 1.82) is 0 Å². The molecular formula is C14H17NO6. The van der Waals surface area contributed by atoms with Crippen LogP contribution in [0.4, 0.5) is 5.69 Å². The molecular weight excluding hydrogens is 278 g/mol. The zero-order valence-electron chi connectivity index (χ0n) is 11.7. The largest absolute Gasteiger partial charge is 0.478 e. The number of carbonyl (C=O) groups is 2. The molecule has 0 aliphatic carbocycles. The van der Waals surface area contributed by atoms with Crippen molar-refractivity contribution in [3.8, 4) is 0 Å². The van der Waals surface area contributed by atoms with Crippen molar-refractivity contribution in [1.82, 2.24) is 0 Å². The zero-order chi connectivity index (χ0) is 16.7. The van der Waals surface area contributed by atoms with E-state index in [0.29, 0.717) is 0 Å². The summed E-state index contributed by atoms with van der Waals surface area (Å²) >= 11 is 0. The second-order valence-electron chi connectivity index (χ2n) is 3.27. The van der Waals surface area contributed by atoms with Crippen LogP contribution in [0.3, 0.4) is 0 Å². The van der Waals surface area contributed by atoms with E-state index in [1.807, 2.05) is 0 Å². The molecule has 21 heavy (non-hydrogen) atoms. The van der Waals surface area contributed by atoms with E-state index in [9.17, 15) is 19.7 Å². The minimum Gasteiger partial charge on any atom is -0.478 e. The summed E-state index contributed by atoms with van der Waals surface area (Å²) in [5.74, 6) is -1.78. The molecule has 1 aromatic carbocycles. The Labute approximate surface area is 122 Å². The lowest BCUT2D eigenvalue weighted by atomic mass is 10.3. The van der Waals surface area contributed by atoms with Crippen molar-refractivity contribution in [2.45, 2.75) is 13.8 Å². The van der Waals surface area contributed by atoms with Gasteiger partial charge in [-0.15, -0.1) is 0 Å². The van der Waals surface area contributed by atoms with E-state index in [2.05, 4.69) is 0 Å². The van der Waals surface area contributed by atoms with Crippen LogP contribution in [0.5, 0.6) is 0 Å². The molecule has 1 aromatic rings. The molecule has 0 aromatic heterocycles. The number of nitro groups is 1. The van der Waals surface area contributed by atoms with Gasteiger partial charge in [-0.05, 0) is 13.8 Å². The number of carboxylic acid groups (broad SMARTS) is 2. The minimum absolute atomic E-state index is 0.137. The molecule has 0 unspecified atom stereocenters. The highest BCUT2D eigenvalue weighted by molar-refractivity contribution is 5.79. The maximum absolute atomic E-state index is 10.0. The Balaban J connectivity index is 0. The molecule has 0 atom stereocenters. The Morgan fingerprint density at radius 3 is 1.52 bits per heavy atom. The minimum atomic E-state index is -0.891. The van der Waals surface area contributed by atoms with Gasteiger partial charge in [0.15, 0.2) is 0 Å². The van der Waals surface area contributed by atoms with Gasteiger partial charge in [0.2, 0.25) is 0 Å². The number of hydrogen-bond acceptors (Lipinski definition) is 4. The summed E-state index contributed by atoms with van der Waals surface area (Å²) in [6.45, 7) is 3.32. The van der Waals surface area contributed by atoms with Crippen LogP contribution in [0.15, 0.2) is 54.6 Å². The second-order valence-corrected chi connectivity index (χ2v) is 3.27. The molecule has 0 bridgehead atoms. The summed E-state index contributed by atoms with van der Waals surface area (Å²) in [5.41, 5.74) is 0.137. The predicted octanol–water partition coefficient (Wildman–Crippen LogP) is 2.89. The van der Waals surface area contributed by atoms with Crippen LogP contribution in [-0.4, -0.2) is 27.1 Å². The first-order valence-electron chi connectivity index (χ1n) is 5.75. The molecule has 0 spiro atoms. The molecule has 0 radical (unpaired) electrons. The number of allylic oxidation sites excluding steroid dienone is 2. The number of nitrogens with zero attached hydrogens (tertiary/aromatic N) is 1. The molecule has 2 N–H and O–H groups in total. The van der Waals surface area contributed by atoms with Crippen LogP contribution in [0.25, 0.3) is 0 Å². The van der Waals surface area contributed by atoms with Crippen molar-refractivity contribution >= 4 is 17.6 Å². The number of nitro benzene ring substituents is 1. The lowest BCUT2D eigenvalue weighted by Gasteiger charge is -1.85. The van der Waals surface area contributed by atoms with E-state index in [-0.39, 0.29) is 5.69 Å². The van der Waals surface area contributed by atoms with E-state index < -0.39 is 16.9 Å². The van der Waals surface area contributed by atoms with Gasteiger partial charge in [-0.25, -0.2) is 9.59 Å². The van der Waals surface area contributed by atoms with E-state index >= 15 is 0 Å². The summed E-state index contributed by atoms with van der Waals surface area (Å²) in [6, 6.07) is 7.93. The van der Waals surface area contributed by atoms with Crippen molar-refractivity contribution in [2.75, 3.05) is 0 Å². The topological polar surface area (TPSA) is 118 Å². The molecule has 1 rings (SSSR count). The Morgan fingerprint density at radius 1 is 1.00 bits per heavy atom. The number of benzene rings is 1. The monoisotopic (exact) mass is 295 g/mol. The van der Waals surface area contributed by atoms with Gasteiger partial charge < -0.3 is 10.2 Å². The first kappa shape index (κ1) is 20.4. The first-order valence-corrected chi connectivity index (χ1v) is 5.75. The van der Waals surface area contributed by atoms with Gasteiger partial charge in [0.1, 0.15) is 0 Å². The molecule has 114 valence electrons. The quantitative estimate of drug-likeness (QED) is 0.503. The van der Waals surface area contributed by atoms with Crippen LogP contribution >= 0.6 is 0 Å². The van der Waals surface area contributed by atoms with Crippen molar-refractivity contribution in [3.63, 3.8) is 0 Å². The van der Waals surface area contributed by atoms with Gasteiger partial charge in [0.25, 0.3) is 5.69 Å². The van der Waals surface area contributed by atoms with Gasteiger partial charge in [0, 0.05) is 24.3 Å². The molecule has 7 heteroatoms.